The largest absolute Gasteiger partial charge is 0.342 e. The van der Waals surface area contributed by atoms with E-state index >= 15 is 0 Å². The highest BCUT2D eigenvalue weighted by atomic mass is 19.1. The van der Waals surface area contributed by atoms with Crippen molar-refractivity contribution in [3.8, 4) is 0 Å². The lowest BCUT2D eigenvalue weighted by Crippen LogP contribution is -2.48. The number of carbonyl (C=O) groups is 2. The molecule has 0 saturated carbocycles. The molecular weight excluding hydrogens is 273 g/mol. The van der Waals surface area contributed by atoms with Crippen LogP contribution in [0, 0.1) is 5.82 Å². The Bertz CT molecular complexity index is 488. The van der Waals surface area contributed by atoms with Crippen molar-refractivity contribution in [2.24, 2.45) is 0 Å². The molecule has 1 saturated heterocycles. The Hall–Kier alpha value is -1.95. The highest BCUT2D eigenvalue weighted by Crippen LogP contribution is 2.06. The molecule has 2 amide bonds. The molecule has 1 aromatic rings. The summed E-state index contributed by atoms with van der Waals surface area (Å²) in [5.41, 5.74) is 0.601. The van der Waals surface area contributed by atoms with Gasteiger partial charge in [-0.25, -0.2) is 4.39 Å². The second kappa shape index (κ2) is 7.73. The van der Waals surface area contributed by atoms with Gasteiger partial charge in [0, 0.05) is 51.3 Å². The number of rotatable bonds is 6. The number of hydrogen-bond donors (Lipinski definition) is 1. The van der Waals surface area contributed by atoms with Gasteiger partial charge in [0.05, 0.1) is 0 Å². The maximum Gasteiger partial charge on any atom is 0.223 e. The van der Waals surface area contributed by atoms with E-state index in [1.165, 1.54) is 6.07 Å². The third kappa shape index (κ3) is 4.53. The van der Waals surface area contributed by atoms with Crippen LogP contribution < -0.4 is 5.32 Å². The fraction of sp³-hybridized carbons (Fsp3) is 0.467. The first kappa shape index (κ1) is 15.4. The van der Waals surface area contributed by atoms with Crippen LogP contribution in [-0.2, 0) is 16.1 Å². The molecule has 1 aliphatic heterocycles. The molecule has 1 N–H and O–H groups in total. The molecule has 0 spiro atoms. The molecule has 0 unspecified atom stereocenters. The fourth-order valence-corrected chi connectivity index (χ4v) is 2.29. The first-order chi connectivity index (χ1) is 10.2. The van der Waals surface area contributed by atoms with Crippen molar-refractivity contribution >= 4 is 12.3 Å². The Morgan fingerprint density at radius 3 is 2.62 bits per heavy atom. The standard InChI is InChI=1S/C15H20FN3O2/c16-14-4-2-1-3-13(14)11-17-6-5-15(21)19-9-7-18(12-20)8-10-19/h1-4,12,17H,5-11H2. The summed E-state index contributed by atoms with van der Waals surface area (Å²) in [4.78, 5) is 26.0. The lowest BCUT2D eigenvalue weighted by atomic mass is 10.2. The van der Waals surface area contributed by atoms with E-state index in [0.717, 1.165) is 6.41 Å². The number of hydrogen-bond acceptors (Lipinski definition) is 3. The minimum atomic E-state index is -0.235. The van der Waals surface area contributed by atoms with Crippen LogP contribution in [-0.4, -0.2) is 54.8 Å². The van der Waals surface area contributed by atoms with Crippen LogP contribution in [0.4, 0.5) is 4.39 Å². The Labute approximate surface area is 123 Å². The number of benzene rings is 1. The van der Waals surface area contributed by atoms with Crippen molar-refractivity contribution in [3.63, 3.8) is 0 Å². The highest BCUT2D eigenvalue weighted by Gasteiger charge is 2.19. The van der Waals surface area contributed by atoms with E-state index in [2.05, 4.69) is 5.32 Å². The number of piperazine rings is 1. The van der Waals surface area contributed by atoms with Crippen molar-refractivity contribution in [2.75, 3.05) is 32.7 Å². The summed E-state index contributed by atoms with van der Waals surface area (Å²) in [6.45, 7) is 3.30. The molecule has 114 valence electrons. The van der Waals surface area contributed by atoms with Gasteiger partial charge in [0.2, 0.25) is 12.3 Å². The van der Waals surface area contributed by atoms with Gasteiger partial charge in [0.1, 0.15) is 5.82 Å². The Kier molecular flexibility index (Phi) is 5.68. The molecule has 1 aromatic carbocycles. The SMILES string of the molecule is O=CN1CCN(C(=O)CCNCc2ccccc2F)CC1. The summed E-state index contributed by atoms with van der Waals surface area (Å²) in [5.74, 6) is -0.164. The summed E-state index contributed by atoms with van der Waals surface area (Å²) >= 11 is 0. The monoisotopic (exact) mass is 293 g/mol. The van der Waals surface area contributed by atoms with Crippen LogP contribution in [0.15, 0.2) is 24.3 Å². The molecule has 0 atom stereocenters. The van der Waals surface area contributed by atoms with Gasteiger partial charge in [-0.2, -0.15) is 0 Å². The number of carbonyl (C=O) groups excluding carboxylic acids is 2. The zero-order chi connectivity index (χ0) is 15.1. The minimum absolute atomic E-state index is 0.0709. The molecule has 0 bridgehead atoms. The second-order valence-corrected chi connectivity index (χ2v) is 5.04. The highest BCUT2D eigenvalue weighted by molar-refractivity contribution is 5.76. The van der Waals surface area contributed by atoms with Gasteiger partial charge in [-0.1, -0.05) is 18.2 Å². The zero-order valence-electron chi connectivity index (χ0n) is 11.9. The lowest BCUT2D eigenvalue weighted by Gasteiger charge is -2.32. The van der Waals surface area contributed by atoms with Gasteiger partial charge in [-0.15, -0.1) is 0 Å². The van der Waals surface area contributed by atoms with E-state index in [0.29, 0.717) is 51.3 Å². The van der Waals surface area contributed by atoms with E-state index < -0.39 is 0 Å². The average Bonchev–Trinajstić information content (AvgIpc) is 2.53. The predicted molar refractivity (Wildman–Crippen MR) is 76.9 cm³/mol. The van der Waals surface area contributed by atoms with Crippen LogP contribution in [0.3, 0.4) is 0 Å². The average molecular weight is 293 g/mol. The van der Waals surface area contributed by atoms with Gasteiger partial charge < -0.3 is 15.1 Å². The molecular formula is C15H20FN3O2. The van der Waals surface area contributed by atoms with E-state index in [-0.39, 0.29) is 11.7 Å². The van der Waals surface area contributed by atoms with Crippen LogP contribution >= 0.6 is 0 Å². The predicted octanol–water partition coefficient (Wildman–Crippen LogP) is 0.606. The van der Waals surface area contributed by atoms with Gasteiger partial charge in [0.25, 0.3) is 0 Å². The van der Waals surface area contributed by atoms with Gasteiger partial charge in [-0.3, -0.25) is 9.59 Å². The zero-order valence-corrected chi connectivity index (χ0v) is 11.9. The van der Waals surface area contributed by atoms with Crippen molar-refractivity contribution in [3.05, 3.63) is 35.6 Å². The van der Waals surface area contributed by atoms with E-state index in [9.17, 15) is 14.0 Å². The summed E-state index contributed by atoms with van der Waals surface area (Å²) < 4.78 is 13.4. The number of halogens is 1. The number of nitrogens with one attached hydrogen (secondary N) is 1. The molecule has 2 rings (SSSR count). The maximum atomic E-state index is 13.4. The Morgan fingerprint density at radius 2 is 1.95 bits per heavy atom. The second-order valence-electron chi connectivity index (χ2n) is 5.04. The molecule has 0 radical (unpaired) electrons. The van der Waals surface area contributed by atoms with Crippen LogP contribution in [0.5, 0.6) is 0 Å². The van der Waals surface area contributed by atoms with Crippen molar-refractivity contribution in [1.29, 1.82) is 0 Å². The summed E-state index contributed by atoms with van der Waals surface area (Å²) in [6.07, 6.45) is 1.20. The molecule has 0 aliphatic carbocycles. The van der Waals surface area contributed by atoms with E-state index in [4.69, 9.17) is 0 Å². The van der Waals surface area contributed by atoms with Crippen LogP contribution in [0.25, 0.3) is 0 Å². The number of nitrogens with zero attached hydrogens (tertiary/aromatic N) is 2. The third-order valence-corrected chi connectivity index (χ3v) is 3.60. The van der Waals surface area contributed by atoms with E-state index in [1.807, 2.05) is 0 Å². The summed E-state index contributed by atoms with van der Waals surface area (Å²) in [5, 5.41) is 3.08. The molecule has 6 heteroatoms. The molecule has 5 nitrogen and oxygen atoms in total. The third-order valence-electron chi connectivity index (χ3n) is 3.60. The Morgan fingerprint density at radius 1 is 1.24 bits per heavy atom. The topological polar surface area (TPSA) is 52.7 Å². The van der Waals surface area contributed by atoms with Gasteiger partial charge in [0.15, 0.2) is 0 Å². The molecule has 1 fully saturated rings. The van der Waals surface area contributed by atoms with E-state index in [1.54, 1.807) is 28.0 Å². The van der Waals surface area contributed by atoms with Crippen molar-refractivity contribution < 1.29 is 14.0 Å². The summed E-state index contributed by atoms with van der Waals surface area (Å²) in [6, 6.07) is 6.59. The molecule has 21 heavy (non-hydrogen) atoms. The molecule has 1 heterocycles. The van der Waals surface area contributed by atoms with Crippen LogP contribution in [0.1, 0.15) is 12.0 Å². The molecule has 1 aliphatic rings. The van der Waals surface area contributed by atoms with Crippen molar-refractivity contribution in [2.45, 2.75) is 13.0 Å². The summed E-state index contributed by atoms with van der Waals surface area (Å²) in [7, 11) is 0. The fourth-order valence-electron chi connectivity index (χ4n) is 2.29. The van der Waals surface area contributed by atoms with Gasteiger partial charge in [-0.05, 0) is 6.07 Å². The normalized spacial score (nSPS) is 15.1. The first-order valence-electron chi connectivity index (χ1n) is 7.12. The molecule has 0 aromatic heterocycles. The van der Waals surface area contributed by atoms with Crippen LogP contribution in [0.2, 0.25) is 0 Å². The first-order valence-corrected chi connectivity index (χ1v) is 7.12. The lowest BCUT2D eigenvalue weighted by molar-refractivity contribution is -0.135. The Balaban J connectivity index is 1.66. The maximum absolute atomic E-state index is 13.4. The quantitative estimate of drug-likeness (QED) is 0.617. The van der Waals surface area contributed by atoms with Crippen molar-refractivity contribution in [1.82, 2.24) is 15.1 Å². The van der Waals surface area contributed by atoms with Gasteiger partial charge >= 0.3 is 0 Å². The number of amides is 2. The smallest absolute Gasteiger partial charge is 0.223 e. The minimum Gasteiger partial charge on any atom is -0.342 e.